The van der Waals surface area contributed by atoms with E-state index in [-0.39, 0.29) is 42.7 Å². The highest BCUT2D eigenvalue weighted by molar-refractivity contribution is 7.89. The maximum Gasteiger partial charge on any atom is 0.239 e. The molecule has 7 nitrogen and oxygen atoms in total. The fourth-order valence-corrected chi connectivity index (χ4v) is 5.42. The predicted molar refractivity (Wildman–Crippen MR) is 122 cm³/mol. The molecule has 29 heavy (non-hydrogen) atoms. The van der Waals surface area contributed by atoms with Gasteiger partial charge in [-0.3, -0.25) is 4.79 Å². The lowest BCUT2D eigenvalue weighted by Crippen LogP contribution is -2.51. The minimum Gasteiger partial charge on any atom is -0.369 e. The minimum absolute atomic E-state index is 0. The molecule has 2 fully saturated rings. The van der Waals surface area contributed by atoms with E-state index in [1.807, 2.05) is 32.0 Å². The molecule has 0 aromatic heterocycles. The molecule has 1 amide bonds. The molecule has 2 aliphatic heterocycles. The Hall–Kier alpha value is -1.06. The van der Waals surface area contributed by atoms with Crippen molar-refractivity contribution in [1.82, 2.24) is 9.21 Å². The zero-order valence-corrected chi connectivity index (χ0v) is 19.4. The molecule has 0 spiro atoms. The summed E-state index contributed by atoms with van der Waals surface area (Å²) in [5.74, 6) is -0.483. The summed E-state index contributed by atoms with van der Waals surface area (Å²) in [7, 11) is -3.60. The van der Waals surface area contributed by atoms with E-state index in [9.17, 15) is 13.2 Å². The monoisotopic (exact) mass is 466 g/mol. The van der Waals surface area contributed by atoms with Gasteiger partial charge in [0.05, 0.1) is 0 Å². The molecule has 2 N–H and O–H groups in total. The quantitative estimate of drug-likeness (QED) is 0.709. The number of carbonyl (C=O) groups is 1. The molecule has 2 unspecified atom stereocenters. The van der Waals surface area contributed by atoms with Crippen molar-refractivity contribution >= 4 is 46.4 Å². The zero-order chi connectivity index (χ0) is 19.6. The van der Waals surface area contributed by atoms with Crippen molar-refractivity contribution < 1.29 is 13.2 Å². The molecule has 3 rings (SSSR count). The smallest absolute Gasteiger partial charge is 0.239 e. The lowest BCUT2D eigenvalue weighted by atomic mass is 10.1. The Morgan fingerprint density at radius 3 is 2.38 bits per heavy atom. The van der Waals surface area contributed by atoms with Crippen molar-refractivity contribution in [3.8, 4) is 0 Å². The average Bonchev–Trinajstić information content (AvgIpc) is 3.02. The molecule has 0 saturated carbocycles. The van der Waals surface area contributed by atoms with Crippen LogP contribution in [0.5, 0.6) is 0 Å². The molecule has 0 bridgehead atoms. The number of hydrogen-bond donors (Lipinski definition) is 1. The Morgan fingerprint density at radius 2 is 1.83 bits per heavy atom. The molecule has 1 aromatic carbocycles. The summed E-state index contributed by atoms with van der Waals surface area (Å²) < 4.78 is 26.9. The van der Waals surface area contributed by atoms with E-state index in [1.54, 1.807) is 4.90 Å². The lowest BCUT2D eigenvalue weighted by molar-refractivity contribution is -0.129. The summed E-state index contributed by atoms with van der Waals surface area (Å²) in [6.45, 7) is 7.17. The first kappa shape index (κ1) is 26.0. The molecule has 2 aliphatic rings. The molecule has 2 heterocycles. The van der Waals surface area contributed by atoms with E-state index in [0.717, 1.165) is 12.1 Å². The summed E-state index contributed by atoms with van der Waals surface area (Å²) in [6, 6.07) is 8.27. The summed E-state index contributed by atoms with van der Waals surface area (Å²) in [4.78, 5) is 16.4. The zero-order valence-electron chi connectivity index (χ0n) is 17.0. The molecule has 0 radical (unpaired) electrons. The molecule has 0 aliphatic carbocycles. The van der Waals surface area contributed by atoms with Gasteiger partial charge in [0.25, 0.3) is 0 Å². The maximum absolute atomic E-state index is 12.7. The third kappa shape index (κ3) is 6.21. The number of sulfonamides is 1. The van der Waals surface area contributed by atoms with Crippen molar-refractivity contribution in [2.75, 3.05) is 49.9 Å². The number of carbonyl (C=O) groups excluding carboxylic acids is 1. The van der Waals surface area contributed by atoms with Crippen LogP contribution in [0.2, 0.25) is 0 Å². The molecule has 166 valence electrons. The van der Waals surface area contributed by atoms with E-state index >= 15 is 0 Å². The summed E-state index contributed by atoms with van der Waals surface area (Å²) in [5, 5.41) is 0. The molecule has 2 saturated heterocycles. The summed E-state index contributed by atoms with van der Waals surface area (Å²) in [5.41, 5.74) is 8.00. The van der Waals surface area contributed by atoms with E-state index in [0.29, 0.717) is 39.3 Å². The van der Waals surface area contributed by atoms with Crippen LogP contribution in [0.3, 0.4) is 0 Å². The topological polar surface area (TPSA) is 87.0 Å². The van der Waals surface area contributed by atoms with Gasteiger partial charge in [0.1, 0.15) is 5.75 Å². The number of amides is 1. The van der Waals surface area contributed by atoms with Crippen LogP contribution in [-0.4, -0.2) is 74.6 Å². The molecular weight excluding hydrogens is 435 g/mol. The van der Waals surface area contributed by atoms with Crippen molar-refractivity contribution in [3.63, 3.8) is 0 Å². The van der Waals surface area contributed by atoms with Crippen LogP contribution in [0.4, 0.5) is 5.69 Å². The van der Waals surface area contributed by atoms with Crippen LogP contribution >= 0.6 is 24.8 Å². The number of nitrogens with zero attached hydrogens (tertiary/aromatic N) is 3. The van der Waals surface area contributed by atoms with Gasteiger partial charge in [-0.25, -0.2) is 8.42 Å². The van der Waals surface area contributed by atoms with Gasteiger partial charge in [-0.2, -0.15) is 4.31 Å². The Balaban J connectivity index is 0.00000210. The second-order valence-electron chi connectivity index (χ2n) is 7.71. The molecular formula is C19H32Cl2N4O3S. The van der Waals surface area contributed by atoms with Crippen LogP contribution in [0.15, 0.2) is 24.3 Å². The van der Waals surface area contributed by atoms with E-state index in [4.69, 9.17) is 5.73 Å². The normalized spacial score (nSPS) is 22.7. The van der Waals surface area contributed by atoms with Gasteiger partial charge in [-0.15, -0.1) is 24.8 Å². The van der Waals surface area contributed by atoms with E-state index in [1.165, 1.54) is 9.87 Å². The number of halogens is 2. The van der Waals surface area contributed by atoms with E-state index in [2.05, 4.69) is 11.0 Å². The molecule has 10 heteroatoms. The fourth-order valence-electron chi connectivity index (χ4n) is 4.04. The average molecular weight is 467 g/mol. The maximum atomic E-state index is 12.7. The highest BCUT2D eigenvalue weighted by Gasteiger charge is 2.36. The van der Waals surface area contributed by atoms with Gasteiger partial charge in [-0.1, -0.05) is 12.1 Å². The van der Waals surface area contributed by atoms with Gasteiger partial charge in [0.15, 0.2) is 0 Å². The second-order valence-corrected chi connectivity index (χ2v) is 9.68. The van der Waals surface area contributed by atoms with Crippen LogP contribution < -0.4 is 10.6 Å². The molecule has 1 aromatic rings. The molecule has 2 atom stereocenters. The number of likely N-dealkylation sites (tertiary alicyclic amines) is 1. The Labute approximate surface area is 186 Å². The van der Waals surface area contributed by atoms with Crippen molar-refractivity contribution in [2.45, 2.75) is 26.3 Å². The van der Waals surface area contributed by atoms with Crippen molar-refractivity contribution in [2.24, 2.45) is 11.7 Å². The first-order valence-electron chi connectivity index (χ1n) is 9.59. The SMILES string of the molecule is Cc1cccc(N2CCN(S(=O)(=O)CC(=O)N3CC(CN)CC3C)CC2)c1.Cl.Cl. The lowest BCUT2D eigenvalue weighted by Gasteiger charge is -2.35. The minimum atomic E-state index is -3.60. The predicted octanol–water partition coefficient (Wildman–Crippen LogP) is 1.49. The van der Waals surface area contributed by atoms with Crippen molar-refractivity contribution in [3.05, 3.63) is 29.8 Å². The van der Waals surface area contributed by atoms with Crippen LogP contribution in [0.1, 0.15) is 18.9 Å². The van der Waals surface area contributed by atoms with Gasteiger partial charge < -0.3 is 15.5 Å². The second kappa shape index (κ2) is 10.8. The van der Waals surface area contributed by atoms with Crippen molar-refractivity contribution in [1.29, 1.82) is 0 Å². The largest absolute Gasteiger partial charge is 0.369 e. The number of piperazine rings is 1. The highest BCUT2D eigenvalue weighted by atomic mass is 35.5. The number of anilines is 1. The number of aryl methyl sites for hydroxylation is 1. The van der Waals surface area contributed by atoms with Gasteiger partial charge >= 0.3 is 0 Å². The number of rotatable bonds is 5. The highest BCUT2D eigenvalue weighted by Crippen LogP contribution is 2.23. The van der Waals surface area contributed by atoms with Crippen LogP contribution in [0, 0.1) is 12.8 Å². The summed E-state index contributed by atoms with van der Waals surface area (Å²) in [6.07, 6.45) is 0.845. The third-order valence-corrected chi connectivity index (χ3v) is 7.38. The Kier molecular flexibility index (Phi) is 9.69. The number of nitrogens with two attached hydrogens (primary N) is 1. The van der Waals surface area contributed by atoms with Crippen LogP contribution in [0.25, 0.3) is 0 Å². The Bertz CT molecular complexity index is 785. The first-order chi connectivity index (χ1) is 12.8. The van der Waals surface area contributed by atoms with E-state index < -0.39 is 15.8 Å². The standard InChI is InChI=1S/C19H30N4O3S.2ClH/c1-15-4-3-5-18(10-15)21-6-8-22(9-7-21)27(25,26)14-19(24)23-13-17(12-20)11-16(23)2;;/h3-5,10,16-17H,6-9,11-14,20H2,1-2H3;2*1H. The number of benzene rings is 1. The number of hydrogen-bond acceptors (Lipinski definition) is 5. The Morgan fingerprint density at radius 1 is 1.17 bits per heavy atom. The van der Waals surface area contributed by atoms with Gasteiger partial charge in [-0.05, 0) is 50.4 Å². The van der Waals surface area contributed by atoms with Crippen LogP contribution in [-0.2, 0) is 14.8 Å². The fraction of sp³-hybridized carbons (Fsp3) is 0.632. The van der Waals surface area contributed by atoms with Gasteiger partial charge in [0, 0.05) is 44.5 Å². The first-order valence-corrected chi connectivity index (χ1v) is 11.2. The van der Waals surface area contributed by atoms with Gasteiger partial charge in [0.2, 0.25) is 15.9 Å². The third-order valence-electron chi connectivity index (χ3n) is 5.62. The summed E-state index contributed by atoms with van der Waals surface area (Å²) >= 11 is 0.